The van der Waals surface area contributed by atoms with Crippen LogP contribution in [0, 0.1) is 11.8 Å². The molecule has 2 unspecified atom stereocenters. The van der Waals surface area contributed by atoms with Crippen molar-refractivity contribution in [2.45, 2.75) is 19.8 Å². The molecule has 1 aliphatic rings. The summed E-state index contributed by atoms with van der Waals surface area (Å²) in [6, 6.07) is 0. The molecular weight excluding hydrogens is 238 g/mol. The van der Waals surface area contributed by atoms with Gasteiger partial charge in [0.2, 0.25) is 0 Å². The standard InChI is InChI=1S/C16H27NO2/c1-3-15-5-4-14(2)16(7-6-15)8-9-17(10-12-18)11-13-19/h3,5-7,14,16,18-19H,1,4,8-13H2,2H3. The largest absolute Gasteiger partial charge is 0.395 e. The highest BCUT2D eigenvalue weighted by molar-refractivity contribution is 5.30. The number of hydrogen-bond acceptors (Lipinski definition) is 3. The van der Waals surface area contributed by atoms with Crippen LogP contribution in [0.15, 0.2) is 36.5 Å². The molecule has 1 aliphatic carbocycles. The van der Waals surface area contributed by atoms with Crippen molar-refractivity contribution in [1.29, 1.82) is 0 Å². The van der Waals surface area contributed by atoms with Crippen molar-refractivity contribution in [2.75, 3.05) is 32.8 Å². The topological polar surface area (TPSA) is 43.7 Å². The van der Waals surface area contributed by atoms with Crippen LogP contribution in [0.4, 0.5) is 0 Å². The predicted molar refractivity (Wildman–Crippen MR) is 79.9 cm³/mol. The van der Waals surface area contributed by atoms with Gasteiger partial charge in [-0.15, -0.1) is 0 Å². The zero-order chi connectivity index (χ0) is 14.1. The third-order valence-corrected chi connectivity index (χ3v) is 3.84. The Morgan fingerprint density at radius 2 is 2.00 bits per heavy atom. The lowest BCUT2D eigenvalue weighted by Crippen LogP contribution is -2.32. The fourth-order valence-corrected chi connectivity index (χ4v) is 2.47. The van der Waals surface area contributed by atoms with Crippen LogP contribution in [0.5, 0.6) is 0 Å². The maximum atomic E-state index is 9.01. The van der Waals surface area contributed by atoms with Crippen LogP contribution in [-0.4, -0.2) is 48.0 Å². The molecule has 2 atom stereocenters. The van der Waals surface area contributed by atoms with Crippen molar-refractivity contribution >= 4 is 0 Å². The molecule has 0 aromatic carbocycles. The predicted octanol–water partition coefficient (Wildman–Crippen LogP) is 1.99. The molecule has 3 heteroatoms. The molecule has 3 nitrogen and oxygen atoms in total. The second-order valence-electron chi connectivity index (χ2n) is 5.22. The summed E-state index contributed by atoms with van der Waals surface area (Å²) in [5.41, 5.74) is 1.21. The number of hydrogen-bond donors (Lipinski definition) is 2. The molecule has 0 amide bonds. The zero-order valence-electron chi connectivity index (χ0n) is 12.0. The van der Waals surface area contributed by atoms with Crippen LogP contribution >= 0.6 is 0 Å². The Hall–Kier alpha value is -0.900. The average molecular weight is 265 g/mol. The van der Waals surface area contributed by atoms with Crippen molar-refractivity contribution in [1.82, 2.24) is 4.90 Å². The summed E-state index contributed by atoms with van der Waals surface area (Å²) >= 11 is 0. The molecule has 0 saturated carbocycles. The van der Waals surface area contributed by atoms with Crippen molar-refractivity contribution in [3.05, 3.63) is 36.5 Å². The minimum atomic E-state index is 0.151. The lowest BCUT2D eigenvalue weighted by Gasteiger charge is -2.24. The summed E-state index contributed by atoms with van der Waals surface area (Å²) in [5, 5.41) is 18.0. The first kappa shape index (κ1) is 16.2. The molecule has 0 radical (unpaired) electrons. The number of aliphatic hydroxyl groups is 2. The first-order valence-electron chi connectivity index (χ1n) is 7.16. The Labute approximate surface area is 116 Å². The average Bonchev–Trinajstić information content (AvgIpc) is 2.59. The van der Waals surface area contributed by atoms with Crippen LogP contribution in [0.3, 0.4) is 0 Å². The summed E-state index contributed by atoms with van der Waals surface area (Å²) in [7, 11) is 0. The van der Waals surface area contributed by atoms with E-state index in [0.29, 0.717) is 24.9 Å². The van der Waals surface area contributed by atoms with Gasteiger partial charge in [0.25, 0.3) is 0 Å². The van der Waals surface area contributed by atoms with Crippen molar-refractivity contribution < 1.29 is 10.2 Å². The first-order chi connectivity index (χ1) is 9.21. The van der Waals surface area contributed by atoms with Gasteiger partial charge in [0.1, 0.15) is 0 Å². The maximum absolute atomic E-state index is 9.01. The highest BCUT2D eigenvalue weighted by Crippen LogP contribution is 2.26. The van der Waals surface area contributed by atoms with Gasteiger partial charge in [0, 0.05) is 13.1 Å². The number of aliphatic hydroxyl groups excluding tert-OH is 2. The number of rotatable bonds is 8. The second kappa shape index (κ2) is 9.08. The molecule has 19 heavy (non-hydrogen) atoms. The summed E-state index contributed by atoms with van der Waals surface area (Å²) in [6.07, 6.45) is 10.7. The van der Waals surface area contributed by atoms with E-state index in [4.69, 9.17) is 10.2 Å². The molecule has 0 saturated heterocycles. The smallest absolute Gasteiger partial charge is 0.0558 e. The van der Waals surface area contributed by atoms with Gasteiger partial charge in [-0.3, -0.25) is 4.90 Å². The van der Waals surface area contributed by atoms with E-state index in [-0.39, 0.29) is 13.2 Å². The minimum absolute atomic E-state index is 0.151. The van der Waals surface area contributed by atoms with E-state index in [1.54, 1.807) is 0 Å². The molecule has 1 rings (SSSR count). The monoisotopic (exact) mass is 265 g/mol. The maximum Gasteiger partial charge on any atom is 0.0558 e. The Balaban J connectivity index is 2.49. The van der Waals surface area contributed by atoms with Gasteiger partial charge < -0.3 is 10.2 Å². The lowest BCUT2D eigenvalue weighted by molar-refractivity contribution is 0.153. The number of nitrogens with zero attached hydrogens (tertiary/aromatic N) is 1. The van der Waals surface area contributed by atoms with Crippen molar-refractivity contribution in [3.63, 3.8) is 0 Å². The molecule has 0 spiro atoms. The molecule has 0 aromatic heterocycles. The van der Waals surface area contributed by atoms with Crippen LogP contribution in [0.1, 0.15) is 19.8 Å². The normalized spacial score (nSPS) is 23.3. The molecular formula is C16H27NO2. The van der Waals surface area contributed by atoms with Crippen molar-refractivity contribution in [2.24, 2.45) is 11.8 Å². The van der Waals surface area contributed by atoms with Gasteiger partial charge in [-0.25, -0.2) is 0 Å². The van der Waals surface area contributed by atoms with Crippen LogP contribution in [-0.2, 0) is 0 Å². The van der Waals surface area contributed by atoms with Gasteiger partial charge in [0.15, 0.2) is 0 Å². The van der Waals surface area contributed by atoms with Gasteiger partial charge in [0.05, 0.1) is 13.2 Å². The van der Waals surface area contributed by atoms with Gasteiger partial charge in [-0.1, -0.05) is 37.8 Å². The van der Waals surface area contributed by atoms with Crippen LogP contribution < -0.4 is 0 Å². The Kier molecular flexibility index (Phi) is 7.72. The molecule has 0 heterocycles. The SMILES string of the molecule is C=CC1=CCC(C)C(CCN(CCO)CCO)C=C1. The zero-order valence-corrected chi connectivity index (χ0v) is 12.0. The van der Waals surface area contributed by atoms with E-state index < -0.39 is 0 Å². The third-order valence-electron chi connectivity index (χ3n) is 3.84. The first-order valence-corrected chi connectivity index (χ1v) is 7.16. The quantitative estimate of drug-likeness (QED) is 0.705. The summed E-state index contributed by atoms with van der Waals surface area (Å²) in [6.45, 7) is 8.60. The van der Waals surface area contributed by atoms with E-state index in [1.165, 1.54) is 5.57 Å². The molecule has 108 valence electrons. The Morgan fingerprint density at radius 3 is 2.58 bits per heavy atom. The van der Waals surface area contributed by atoms with E-state index >= 15 is 0 Å². The van der Waals surface area contributed by atoms with Crippen molar-refractivity contribution in [3.8, 4) is 0 Å². The van der Waals surface area contributed by atoms with E-state index in [1.807, 2.05) is 6.08 Å². The fourth-order valence-electron chi connectivity index (χ4n) is 2.47. The fraction of sp³-hybridized carbons (Fsp3) is 0.625. The summed E-state index contributed by atoms with van der Waals surface area (Å²) < 4.78 is 0. The van der Waals surface area contributed by atoms with Crippen LogP contribution in [0.2, 0.25) is 0 Å². The molecule has 0 fully saturated rings. The second-order valence-corrected chi connectivity index (χ2v) is 5.22. The highest BCUT2D eigenvalue weighted by Gasteiger charge is 2.17. The molecule has 2 N–H and O–H groups in total. The third kappa shape index (κ3) is 5.72. The highest BCUT2D eigenvalue weighted by atomic mass is 16.3. The van der Waals surface area contributed by atoms with Gasteiger partial charge in [-0.05, 0) is 36.8 Å². The molecule has 0 aliphatic heterocycles. The summed E-state index contributed by atoms with van der Waals surface area (Å²) in [5.74, 6) is 1.17. The minimum Gasteiger partial charge on any atom is -0.395 e. The Morgan fingerprint density at radius 1 is 1.32 bits per heavy atom. The van der Waals surface area contributed by atoms with E-state index in [9.17, 15) is 0 Å². The molecule has 0 aromatic rings. The van der Waals surface area contributed by atoms with Crippen LogP contribution in [0.25, 0.3) is 0 Å². The lowest BCUT2D eigenvalue weighted by atomic mass is 9.89. The molecule has 0 bridgehead atoms. The van der Waals surface area contributed by atoms with E-state index in [0.717, 1.165) is 19.4 Å². The van der Waals surface area contributed by atoms with E-state index in [2.05, 4.69) is 36.6 Å². The Bertz CT molecular complexity index is 317. The number of allylic oxidation sites excluding steroid dienone is 5. The van der Waals surface area contributed by atoms with Gasteiger partial charge >= 0.3 is 0 Å². The van der Waals surface area contributed by atoms with Gasteiger partial charge in [-0.2, -0.15) is 0 Å². The summed E-state index contributed by atoms with van der Waals surface area (Å²) in [4.78, 5) is 2.12.